The van der Waals surface area contributed by atoms with Crippen LogP contribution in [0.3, 0.4) is 0 Å². The first-order chi connectivity index (χ1) is 2.41. The Hall–Kier alpha value is 0.818. The number of rotatable bonds is 2. The first-order valence-electron chi connectivity index (χ1n) is 2.41. The van der Waals surface area contributed by atoms with Gasteiger partial charge < -0.3 is 0 Å². The minimum atomic E-state index is 0. The molecule has 3 radical (unpaired) electrons. The molecule has 0 saturated heterocycles. The summed E-state index contributed by atoms with van der Waals surface area (Å²) >= 11 is 0. The van der Waals surface area contributed by atoms with Gasteiger partial charge in [0.25, 0.3) is 0 Å². The molecule has 0 aliphatic carbocycles. The van der Waals surface area contributed by atoms with E-state index in [2.05, 4.69) is 13.8 Å². The van der Waals surface area contributed by atoms with E-state index in [1.807, 2.05) is 0 Å². The van der Waals surface area contributed by atoms with Gasteiger partial charge in [-0.25, -0.2) is 0 Å². The Labute approximate surface area is 57.8 Å². The molecule has 0 bridgehead atoms. The summed E-state index contributed by atoms with van der Waals surface area (Å²) in [6.07, 6.45) is 4.08. The fourth-order valence-electron chi connectivity index (χ4n) is 0.354. The molecule has 1 heteroatoms. The van der Waals surface area contributed by atoms with Crippen molar-refractivity contribution in [2.45, 2.75) is 33.1 Å². The smallest absolute Gasteiger partial charge is 0 e. The van der Waals surface area contributed by atoms with Gasteiger partial charge in [-0.3, -0.25) is 0 Å². The van der Waals surface area contributed by atoms with E-state index in [1.165, 1.54) is 19.3 Å². The van der Waals surface area contributed by atoms with E-state index in [9.17, 15) is 0 Å². The molecule has 0 rings (SSSR count). The fraction of sp³-hybridized carbons (Fsp3) is 1.00. The third-order valence-corrected chi connectivity index (χ3v) is 0.707. The van der Waals surface area contributed by atoms with E-state index in [1.54, 1.807) is 0 Å². The van der Waals surface area contributed by atoms with Crippen LogP contribution in [0.25, 0.3) is 0 Å². The van der Waals surface area contributed by atoms with Crippen LogP contribution >= 0.6 is 0 Å². The van der Waals surface area contributed by atoms with Crippen LogP contribution < -0.4 is 0 Å². The third-order valence-electron chi connectivity index (χ3n) is 0.707. The van der Waals surface area contributed by atoms with Crippen LogP contribution in [0.2, 0.25) is 0 Å². The maximum Gasteiger partial charge on any atom is 0 e. The van der Waals surface area contributed by atoms with E-state index in [0.29, 0.717) is 0 Å². The normalized spacial score (nSPS) is 7.00. The molecule has 0 unspecified atom stereocenters. The molecule has 6 heavy (non-hydrogen) atoms. The van der Waals surface area contributed by atoms with E-state index in [0.717, 1.165) is 0 Å². The Kier molecular flexibility index (Phi) is 15.4. The molecule has 0 atom stereocenters. The zero-order valence-corrected chi connectivity index (χ0v) is 7.12. The van der Waals surface area contributed by atoms with Crippen molar-refractivity contribution in [1.29, 1.82) is 0 Å². The first kappa shape index (κ1) is 9.94. The van der Waals surface area contributed by atoms with Crippen LogP contribution in [-0.2, 0) is 0 Å². The zero-order chi connectivity index (χ0) is 4.12. The Morgan fingerprint density at radius 2 is 1.33 bits per heavy atom. The third kappa shape index (κ3) is 8.84. The maximum absolute atomic E-state index is 2.21. The standard InChI is InChI=1S/C5H12.Sb/c1-3-5-4-2;/h3-5H2,1-2H3;. The summed E-state index contributed by atoms with van der Waals surface area (Å²) in [6.45, 7) is 4.42. The summed E-state index contributed by atoms with van der Waals surface area (Å²) in [7, 11) is 0. The van der Waals surface area contributed by atoms with Crippen molar-refractivity contribution in [2.75, 3.05) is 0 Å². The summed E-state index contributed by atoms with van der Waals surface area (Å²) in [6, 6.07) is 0. The molecule has 0 fully saturated rings. The first-order valence-corrected chi connectivity index (χ1v) is 2.41. The zero-order valence-electron chi connectivity index (χ0n) is 4.57. The number of unbranched alkanes of at least 4 members (excludes halogenated alkanes) is 2. The van der Waals surface area contributed by atoms with Crippen LogP contribution in [0.15, 0.2) is 0 Å². The molecule has 37 valence electrons. The summed E-state index contributed by atoms with van der Waals surface area (Å²) in [5.74, 6) is 0. The second kappa shape index (κ2) is 9.26. The molecule has 0 heterocycles. The molecule has 0 nitrogen and oxygen atoms in total. The van der Waals surface area contributed by atoms with Crippen LogP contribution in [0, 0.1) is 0 Å². The van der Waals surface area contributed by atoms with Crippen LogP contribution in [0.4, 0.5) is 0 Å². The molecular weight excluding hydrogens is 182 g/mol. The molecule has 0 aromatic carbocycles. The second-order valence-corrected chi connectivity index (χ2v) is 1.35. The number of hydrogen-bond donors (Lipinski definition) is 0. The Balaban J connectivity index is 0. The van der Waals surface area contributed by atoms with Crippen molar-refractivity contribution in [3.63, 3.8) is 0 Å². The van der Waals surface area contributed by atoms with Gasteiger partial charge in [0.15, 0.2) is 0 Å². The minimum absolute atomic E-state index is 0. The Morgan fingerprint density at radius 1 is 1.00 bits per heavy atom. The van der Waals surface area contributed by atoms with E-state index >= 15 is 0 Å². The molecule has 0 spiro atoms. The molecule has 0 aromatic rings. The summed E-state index contributed by atoms with van der Waals surface area (Å²) in [4.78, 5) is 0. The minimum Gasteiger partial charge on any atom is -0.0654 e. The average molecular weight is 194 g/mol. The fourth-order valence-corrected chi connectivity index (χ4v) is 0.354. The van der Waals surface area contributed by atoms with E-state index < -0.39 is 0 Å². The molecular formula is C5H12Sb. The Bertz CT molecular complexity index is 11.4. The van der Waals surface area contributed by atoms with E-state index in [4.69, 9.17) is 0 Å². The topological polar surface area (TPSA) is 0 Å². The second-order valence-electron chi connectivity index (χ2n) is 1.35. The largest absolute Gasteiger partial charge is 0.0654 e. The molecule has 0 amide bonds. The van der Waals surface area contributed by atoms with Gasteiger partial charge >= 0.3 is 0 Å². The Morgan fingerprint density at radius 3 is 1.33 bits per heavy atom. The summed E-state index contributed by atoms with van der Waals surface area (Å²) < 4.78 is 0. The van der Waals surface area contributed by atoms with E-state index in [-0.39, 0.29) is 24.4 Å². The van der Waals surface area contributed by atoms with Gasteiger partial charge in [-0.15, -0.1) is 0 Å². The van der Waals surface area contributed by atoms with Gasteiger partial charge in [-0.05, 0) is 0 Å². The van der Waals surface area contributed by atoms with Crippen molar-refractivity contribution in [1.82, 2.24) is 0 Å². The molecule has 0 aromatic heterocycles. The van der Waals surface area contributed by atoms with Gasteiger partial charge in [0.1, 0.15) is 0 Å². The predicted octanol–water partition coefficient (Wildman–Crippen LogP) is 1.82. The van der Waals surface area contributed by atoms with Crippen molar-refractivity contribution < 1.29 is 0 Å². The van der Waals surface area contributed by atoms with Gasteiger partial charge in [0.2, 0.25) is 0 Å². The van der Waals surface area contributed by atoms with Crippen LogP contribution in [0.1, 0.15) is 33.1 Å². The average Bonchev–Trinajstić information content (AvgIpc) is 1.41. The van der Waals surface area contributed by atoms with Crippen molar-refractivity contribution in [3.05, 3.63) is 0 Å². The summed E-state index contributed by atoms with van der Waals surface area (Å²) in [5.41, 5.74) is 0. The van der Waals surface area contributed by atoms with Crippen LogP contribution in [0.5, 0.6) is 0 Å². The van der Waals surface area contributed by atoms with Gasteiger partial charge in [-0.1, -0.05) is 33.1 Å². The monoisotopic (exact) mass is 193 g/mol. The van der Waals surface area contributed by atoms with Crippen molar-refractivity contribution in [2.24, 2.45) is 0 Å². The number of hydrogen-bond acceptors (Lipinski definition) is 0. The van der Waals surface area contributed by atoms with Crippen molar-refractivity contribution >= 4 is 24.4 Å². The van der Waals surface area contributed by atoms with Gasteiger partial charge in [-0.2, -0.15) is 0 Å². The predicted molar refractivity (Wildman–Crippen MR) is 31.0 cm³/mol. The SMILES string of the molecule is CCCCC.[Sb]. The van der Waals surface area contributed by atoms with Gasteiger partial charge in [0.05, 0.1) is 0 Å². The molecule has 0 aliphatic rings. The molecule has 0 aliphatic heterocycles. The molecule has 0 N–H and O–H groups in total. The van der Waals surface area contributed by atoms with Crippen molar-refractivity contribution in [3.8, 4) is 0 Å². The maximum atomic E-state index is 2.21. The van der Waals surface area contributed by atoms with Crippen LogP contribution in [-0.4, -0.2) is 24.4 Å². The summed E-state index contributed by atoms with van der Waals surface area (Å²) in [5, 5.41) is 0. The quantitative estimate of drug-likeness (QED) is 0.588. The molecule has 0 saturated carbocycles. The van der Waals surface area contributed by atoms with Gasteiger partial charge in [0, 0.05) is 24.4 Å².